The van der Waals surface area contributed by atoms with Gasteiger partial charge in [-0.25, -0.2) is 4.98 Å². The third-order valence-electron chi connectivity index (χ3n) is 5.21. The van der Waals surface area contributed by atoms with Gasteiger partial charge in [-0.2, -0.15) is 0 Å². The number of hydrogen-bond acceptors (Lipinski definition) is 3. The molecule has 0 spiro atoms. The molecular weight excluding hydrogens is 350 g/mol. The number of nitrogens with zero attached hydrogens (tertiary/aromatic N) is 1. The first-order valence-electron chi connectivity index (χ1n) is 9.67. The number of rotatable bonds is 5. The van der Waals surface area contributed by atoms with Crippen LogP contribution in [0, 0.1) is 6.92 Å². The van der Waals surface area contributed by atoms with E-state index in [1.54, 1.807) is 6.26 Å². The zero-order valence-corrected chi connectivity index (χ0v) is 16.7. The summed E-state index contributed by atoms with van der Waals surface area (Å²) >= 11 is 0. The number of furan rings is 1. The van der Waals surface area contributed by atoms with E-state index in [0.717, 1.165) is 33.4 Å². The molecule has 28 heavy (non-hydrogen) atoms. The quantitative estimate of drug-likeness (QED) is 0.506. The predicted molar refractivity (Wildman–Crippen MR) is 111 cm³/mol. The molecule has 1 atom stereocenters. The van der Waals surface area contributed by atoms with Gasteiger partial charge in [0.2, 0.25) is 5.91 Å². The smallest absolute Gasteiger partial charge is 0.225 e. The van der Waals surface area contributed by atoms with Crippen molar-refractivity contribution in [1.29, 1.82) is 0 Å². The molecule has 0 saturated carbocycles. The highest BCUT2D eigenvalue weighted by molar-refractivity contribution is 5.88. The number of imidazole rings is 1. The SMILES string of the molecule is Cc1cc2occ(CC(=O)N[C@@H](C)c3nc4ccccc4[nH]3)c2cc1C(C)C. The molecule has 2 aromatic carbocycles. The first-order chi connectivity index (χ1) is 13.4. The molecule has 144 valence electrons. The molecule has 5 nitrogen and oxygen atoms in total. The number of hydrogen-bond donors (Lipinski definition) is 2. The van der Waals surface area contributed by atoms with Crippen LogP contribution in [0.5, 0.6) is 0 Å². The van der Waals surface area contributed by atoms with E-state index in [0.29, 0.717) is 5.92 Å². The number of nitrogens with one attached hydrogen (secondary N) is 2. The van der Waals surface area contributed by atoms with Crippen LogP contribution in [0.25, 0.3) is 22.0 Å². The van der Waals surface area contributed by atoms with E-state index in [1.165, 1.54) is 11.1 Å². The Kier molecular flexibility index (Phi) is 4.67. The van der Waals surface area contributed by atoms with Crippen molar-refractivity contribution < 1.29 is 9.21 Å². The molecule has 0 aliphatic rings. The number of H-pyrrole nitrogens is 1. The van der Waals surface area contributed by atoms with Crippen LogP contribution in [0.1, 0.15) is 55.2 Å². The molecule has 4 aromatic rings. The Morgan fingerprint density at radius 1 is 1.21 bits per heavy atom. The molecule has 0 unspecified atom stereocenters. The molecule has 0 aliphatic carbocycles. The van der Waals surface area contributed by atoms with Gasteiger partial charge in [0, 0.05) is 10.9 Å². The average Bonchev–Trinajstić information content (AvgIpc) is 3.24. The van der Waals surface area contributed by atoms with Crippen LogP contribution in [0.15, 0.2) is 47.1 Å². The minimum Gasteiger partial charge on any atom is -0.464 e. The maximum Gasteiger partial charge on any atom is 0.225 e. The number of carbonyl (C=O) groups excluding carboxylic acids is 1. The molecule has 2 aromatic heterocycles. The number of benzene rings is 2. The Morgan fingerprint density at radius 2 is 2.00 bits per heavy atom. The molecule has 1 amide bonds. The molecule has 0 radical (unpaired) electrons. The maximum absolute atomic E-state index is 12.6. The Morgan fingerprint density at radius 3 is 2.75 bits per heavy atom. The molecule has 4 rings (SSSR count). The fourth-order valence-corrected chi connectivity index (χ4v) is 3.72. The van der Waals surface area contributed by atoms with Crippen LogP contribution in [-0.2, 0) is 11.2 Å². The average molecular weight is 375 g/mol. The summed E-state index contributed by atoms with van der Waals surface area (Å²) < 4.78 is 5.70. The highest BCUT2D eigenvalue weighted by Crippen LogP contribution is 2.29. The highest BCUT2D eigenvalue weighted by atomic mass is 16.3. The largest absolute Gasteiger partial charge is 0.464 e. The van der Waals surface area contributed by atoms with Gasteiger partial charge in [-0.1, -0.05) is 26.0 Å². The van der Waals surface area contributed by atoms with Crippen LogP contribution in [0.4, 0.5) is 0 Å². The Hall–Kier alpha value is -3.08. The number of amides is 1. The van der Waals surface area contributed by atoms with Gasteiger partial charge in [-0.05, 0) is 55.2 Å². The molecular formula is C23H25N3O2. The number of aromatic nitrogens is 2. The summed E-state index contributed by atoms with van der Waals surface area (Å²) in [5, 5.41) is 4.05. The van der Waals surface area contributed by atoms with E-state index in [2.05, 4.69) is 48.2 Å². The highest BCUT2D eigenvalue weighted by Gasteiger charge is 2.17. The molecule has 0 bridgehead atoms. The van der Waals surface area contributed by atoms with Crippen molar-refractivity contribution in [2.24, 2.45) is 0 Å². The molecule has 5 heteroatoms. The van der Waals surface area contributed by atoms with Gasteiger partial charge in [0.05, 0.1) is 29.8 Å². The monoisotopic (exact) mass is 375 g/mol. The van der Waals surface area contributed by atoms with Crippen LogP contribution in [0.3, 0.4) is 0 Å². The summed E-state index contributed by atoms with van der Waals surface area (Å²) in [7, 11) is 0. The van der Waals surface area contributed by atoms with Crippen molar-refractivity contribution in [2.75, 3.05) is 0 Å². The van der Waals surface area contributed by atoms with E-state index >= 15 is 0 Å². The number of aryl methyl sites for hydroxylation is 1. The second kappa shape index (κ2) is 7.15. The first-order valence-corrected chi connectivity index (χ1v) is 9.67. The lowest BCUT2D eigenvalue weighted by molar-refractivity contribution is -0.121. The van der Waals surface area contributed by atoms with E-state index in [-0.39, 0.29) is 18.4 Å². The number of aromatic amines is 1. The van der Waals surface area contributed by atoms with Crippen LogP contribution >= 0.6 is 0 Å². The van der Waals surface area contributed by atoms with Crippen LogP contribution < -0.4 is 5.32 Å². The molecule has 2 heterocycles. The second-order valence-corrected chi connectivity index (χ2v) is 7.73. The summed E-state index contributed by atoms with van der Waals surface area (Å²) in [4.78, 5) is 20.5. The molecule has 0 fully saturated rings. The predicted octanol–water partition coefficient (Wildman–Crippen LogP) is 5.16. The summed E-state index contributed by atoms with van der Waals surface area (Å²) in [6, 6.07) is 11.9. The van der Waals surface area contributed by atoms with Gasteiger partial charge in [0.1, 0.15) is 11.4 Å². The van der Waals surface area contributed by atoms with Gasteiger partial charge in [-0.3, -0.25) is 4.79 Å². The molecule has 0 aliphatic heterocycles. The third kappa shape index (κ3) is 3.40. The fraction of sp³-hybridized carbons (Fsp3) is 0.304. The van der Waals surface area contributed by atoms with Crippen LogP contribution in [-0.4, -0.2) is 15.9 Å². The van der Waals surface area contributed by atoms with E-state index in [9.17, 15) is 4.79 Å². The lowest BCUT2D eigenvalue weighted by Crippen LogP contribution is -2.28. The Bertz CT molecular complexity index is 1120. The van der Waals surface area contributed by atoms with E-state index < -0.39 is 0 Å². The van der Waals surface area contributed by atoms with Crippen molar-refractivity contribution >= 4 is 27.9 Å². The number of para-hydroxylation sites is 2. The van der Waals surface area contributed by atoms with Crippen molar-refractivity contribution in [3.05, 3.63) is 65.2 Å². The lowest BCUT2D eigenvalue weighted by Gasteiger charge is -2.12. The third-order valence-corrected chi connectivity index (χ3v) is 5.21. The van der Waals surface area contributed by atoms with Crippen molar-refractivity contribution in [3.8, 4) is 0 Å². The summed E-state index contributed by atoms with van der Waals surface area (Å²) in [5.74, 6) is 1.13. The standard InChI is InChI=1S/C23H25N3O2/c1-13(2)17-11-18-16(12-28-21(18)9-14(17)3)10-22(27)24-15(4)23-25-19-7-5-6-8-20(19)26-23/h5-9,11-13,15H,10H2,1-4H3,(H,24,27)(H,25,26)/t15-/m0/s1. The van der Waals surface area contributed by atoms with Gasteiger partial charge in [0.15, 0.2) is 0 Å². The van der Waals surface area contributed by atoms with Crippen molar-refractivity contribution in [2.45, 2.75) is 46.1 Å². The fourth-order valence-electron chi connectivity index (χ4n) is 3.72. The summed E-state index contributed by atoms with van der Waals surface area (Å²) in [6.45, 7) is 8.38. The van der Waals surface area contributed by atoms with Crippen molar-refractivity contribution in [3.63, 3.8) is 0 Å². The topological polar surface area (TPSA) is 70.9 Å². The normalized spacial score (nSPS) is 12.8. The Labute approximate surface area is 164 Å². The van der Waals surface area contributed by atoms with E-state index in [1.807, 2.05) is 31.2 Å². The van der Waals surface area contributed by atoms with Crippen molar-refractivity contribution in [1.82, 2.24) is 15.3 Å². The molecule has 2 N–H and O–H groups in total. The maximum atomic E-state index is 12.6. The van der Waals surface area contributed by atoms with E-state index in [4.69, 9.17) is 4.42 Å². The summed E-state index contributed by atoms with van der Waals surface area (Å²) in [6.07, 6.45) is 1.97. The van der Waals surface area contributed by atoms with Gasteiger partial charge in [0.25, 0.3) is 0 Å². The molecule has 0 saturated heterocycles. The van der Waals surface area contributed by atoms with Gasteiger partial charge < -0.3 is 14.7 Å². The lowest BCUT2D eigenvalue weighted by atomic mass is 9.95. The second-order valence-electron chi connectivity index (χ2n) is 7.73. The zero-order chi connectivity index (χ0) is 19.8. The number of fused-ring (bicyclic) bond motifs is 2. The Balaban J connectivity index is 1.52. The van der Waals surface area contributed by atoms with Crippen LogP contribution in [0.2, 0.25) is 0 Å². The minimum atomic E-state index is -0.202. The van der Waals surface area contributed by atoms with Gasteiger partial charge in [-0.15, -0.1) is 0 Å². The summed E-state index contributed by atoms with van der Waals surface area (Å²) in [5.41, 5.74) is 6.10. The zero-order valence-electron chi connectivity index (χ0n) is 16.7. The number of carbonyl (C=O) groups is 1. The first kappa shape index (κ1) is 18.3. The van der Waals surface area contributed by atoms with Gasteiger partial charge >= 0.3 is 0 Å². The minimum absolute atomic E-state index is 0.0534.